The summed E-state index contributed by atoms with van der Waals surface area (Å²) in [5, 5.41) is 8.70. The van der Waals surface area contributed by atoms with Crippen LogP contribution in [0.1, 0.15) is 22.7 Å². The van der Waals surface area contributed by atoms with Gasteiger partial charge in [0.15, 0.2) is 0 Å². The molecule has 13 heavy (non-hydrogen) atoms. The Labute approximate surface area is 78.3 Å². The van der Waals surface area contributed by atoms with Gasteiger partial charge in [0.1, 0.15) is 0 Å². The summed E-state index contributed by atoms with van der Waals surface area (Å²) in [6.45, 7) is 5.52. The maximum atomic E-state index is 8.70. The summed E-state index contributed by atoms with van der Waals surface area (Å²) >= 11 is 0. The Bertz CT molecular complexity index is 361. The van der Waals surface area contributed by atoms with E-state index >= 15 is 0 Å². The second kappa shape index (κ2) is 3.88. The molecule has 0 spiro atoms. The summed E-state index contributed by atoms with van der Waals surface area (Å²) in [6.07, 6.45) is 1.68. The highest BCUT2D eigenvalue weighted by atomic mass is 14.6. The van der Waals surface area contributed by atoms with Crippen molar-refractivity contribution in [3.05, 3.63) is 47.5 Å². The van der Waals surface area contributed by atoms with Crippen molar-refractivity contribution in [2.75, 3.05) is 0 Å². The first kappa shape index (κ1) is 9.50. The van der Waals surface area contributed by atoms with Gasteiger partial charge in [-0.1, -0.05) is 18.2 Å². The lowest BCUT2D eigenvalue weighted by Gasteiger charge is -2.07. The van der Waals surface area contributed by atoms with Gasteiger partial charge < -0.3 is 5.73 Å². The van der Waals surface area contributed by atoms with E-state index in [1.807, 2.05) is 19.1 Å². The molecule has 2 N–H and O–H groups in total. The van der Waals surface area contributed by atoms with Gasteiger partial charge in [0, 0.05) is 6.04 Å². The zero-order valence-electron chi connectivity index (χ0n) is 7.62. The van der Waals surface area contributed by atoms with Crippen LogP contribution >= 0.6 is 0 Å². The van der Waals surface area contributed by atoms with E-state index in [0.29, 0.717) is 5.56 Å². The van der Waals surface area contributed by atoms with Gasteiger partial charge in [-0.15, -0.1) is 6.58 Å². The zero-order chi connectivity index (χ0) is 9.84. The van der Waals surface area contributed by atoms with Gasteiger partial charge in [-0.2, -0.15) is 5.26 Å². The number of aryl methyl sites for hydroxylation is 1. The standard InChI is InChI=1S/C11H12N2/c1-3-11(13)9-4-5-10(7-12)8(2)6-9/h3-6,11H,1,13H2,2H3. The molecule has 1 atom stereocenters. The third-order valence-electron chi connectivity index (χ3n) is 2.01. The van der Waals surface area contributed by atoms with Crippen LogP contribution in [-0.2, 0) is 0 Å². The summed E-state index contributed by atoms with van der Waals surface area (Å²) in [5.74, 6) is 0. The molecule has 0 heterocycles. The molecule has 1 unspecified atom stereocenters. The highest BCUT2D eigenvalue weighted by Gasteiger charge is 2.03. The molecule has 0 fully saturated rings. The Balaban J connectivity index is 3.11. The fraction of sp³-hybridized carbons (Fsp3) is 0.182. The predicted molar refractivity (Wildman–Crippen MR) is 53.0 cm³/mol. The van der Waals surface area contributed by atoms with Gasteiger partial charge >= 0.3 is 0 Å². The highest BCUT2D eigenvalue weighted by Crippen LogP contribution is 2.15. The van der Waals surface area contributed by atoms with Crippen molar-refractivity contribution < 1.29 is 0 Å². The fourth-order valence-corrected chi connectivity index (χ4v) is 1.16. The molecule has 0 aromatic heterocycles. The van der Waals surface area contributed by atoms with Crippen molar-refractivity contribution in [2.45, 2.75) is 13.0 Å². The van der Waals surface area contributed by atoms with Crippen molar-refractivity contribution in [3.63, 3.8) is 0 Å². The second-order valence-electron chi connectivity index (χ2n) is 2.95. The third-order valence-corrected chi connectivity index (χ3v) is 2.01. The van der Waals surface area contributed by atoms with Crippen LogP contribution in [0.3, 0.4) is 0 Å². The minimum atomic E-state index is -0.147. The molecular formula is C11H12N2. The topological polar surface area (TPSA) is 49.8 Å². The maximum Gasteiger partial charge on any atom is 0.0994 e. The largest absolute Gasteiger partial charge is 0.321 e. The Morgan fingerprint density at radius 3 is 2.77 bits per heavy atom. The van der Waals surface area contributed by atoms with Crippen molar-refractivity contribution in [1.82, 2.24) is 0 Å². The predicted octanol–water partition coefficient (Wildman–Crippen LogP) is 2.05. The molecule has 0 saturated carbocycles. The summed E-state index contributed by atoms with van der Waals surface area (Å²) in [6, 6.07) is 7.53. The molecule has 1 aromatic rings. The van der Waals surface area contributed by atoms with Gasteiger partial charge in [-0.25, -0.2) is 0 Å². The normalized spacial score (nSPS) is 11.8. The van der Waals surface area contributed by atoms with E-state index < -0.39 is 0 Å². The molecule has 0 aliphatic carbocycles. The van der Waals surface area contributed by atoms with Gasteiger partial charge in [-0.05, 0) is 24.1 Å². The molecule has 0 saturated heterocycles. The van der Waals surface area contributed by atoms with Crippen LogP contribution < -0.4 is 5.73 Å². The lowest BCUT2D eigenvalue weighted by atomic mass is 10.0. The fourth-order valence-electron chi connectivity index (χ4n) is 1.16. The number of nitrogens with zero attached hydrogens (tertiary/aromatic N) is 1. The van der Waals surface area contributed by atoms with E-state index in [1.165, 1.54) is 0 Å². The zero-order valence-corrected chi connectivity index (χ0v) is 7.62. The number of nitrogens with two attached hydrogens (primary N) is 1. The van der Waals surface area contributed by atoms with E-state index in [4.69, 9.17) is 11.0 Å². The molecule has 0 aliphatic rings. The van der Waals surface area contributed by atoms with Gasteiger partial charge in [0.2, 0.25) is 0 Å². The quantitative estimate of drug-likeness (QED) is 0.694. The van der Waals surface area contributed by atoms with E-state index in [0.717, 1.165) is 11.1 Å². The minimum Gasteiger partial charge on any atom is -0.321 e. The van der Waals surface area contributed by atoms with Crippen molar-refractivity contribution >= 4 is 0 Å². The molecule has 2 nitrogen and oxygen atoms in total. The molecule has 0 amide bonds. The lowest BCUT2D eigenvalue weighted by molar-refractivity contribution is 0.912. The van der Waals surface area contributed by atoms with Crippen molar-refractivity contribution in [3.8, 4) is 6.07 Å². The second-order valence-corrected chi connectivity index (χ2v) is 2.95. The van der Waals surface area contributed by atoms with Crippen LogP contribution in [0.15, 0.2) is 30.9 Å². The Morgan fingerprint density at radius 1 is 1.62 bits per heavy atom. The van der Waals surface area contributed by atoms with Crippen LogP contribution in [0.25, 0.3) is 0 Å². The van der Waals surface area contributed by atoms with Crippen LogP contribution in [-0.4, -0.2) is 0 Å². The van der Waals surface area contributed by atoms with Crippen LogP contribution in [0.5, 0.6) is 0 Å². The average molecular weight is 172 g/mol. The molecule has 2 heteroatoms. The summed E-state index contributed by atoms with van der Waals surface area (Å²) in [4.78, 5) is 0. The Morgan fingerprint density at radius 2 is 2.31 bits per heavy atom. The van der Waals surface area contributed by atoms with Gasteiger partial charge in [-0.3, -0.25) is 0 Å². The number of hydrogen-bond acceptors (Lipinski definition) is 2. The number of benzene rings is 1. The molecular weight excluding hydrogens is 160 g/mol. The molecule has 1 aromatic carbocycles. The van der Waals surface area contributed by atoms with Crippen molar-refractivity contribution in [2.24, 2.45) is 5.73 Å². The Kier molecular flexibility index (Phi) is 2.84. The monoisotopic (exact) mass is 172 g/mol. The summed E-state index contributed by atoms with van der Waals surface area (Å²) in [5.41, 5.74) is 8.40. The highest BCUT2D eigenvalue weighted by molar-refractivity contribution is 5.40. The van der Waals surface area contributed by atoms with E-state index in [2.05, 4.69) is 12.6 Å². The molecule has 0 radical (unpaired) electrons. The van der Waals surface area contributed by atoms with E-state index in [1.54, 1.807) is 12.1 Å². The van der Waals surface area contributed by atoms with Gasteiger partial charge in [0.05, 0.1) is 11.6 Å². The molecule has 0 bridgehead atoms. The number of rotatable bonds is 2. The van der Waals surface area contributed by atoms with Crippen LogP contribution in [0.4, 0.5) is 0 Å². The average Bonchev–Trinajstić information content (AvgIpc) is 2.16. The third kappa shape index (κ3) is 1.95. The van der Waals surface area contributed by atoms with Crippen LogP contribution in [0, 0.1) is 18.3 Å². The van der Waals surface area contributed by atoms with E-state index in [-0.39, 0.29) is 6.04 Å². The van der Waals surface area contributed by atoms with Gasteiger partial charge in [0.25, 0.3) is 0 Å². The first-order chi connectivity index (χ1) is 6.19. The minimum absolute atomic E-state index is 0.147. The summed E-state index contributed by atoms with van der Waals surface area (Å²) in [7, 11) is 0. The lowest BCUT2D eigenvalue weighted by Crippen LogP contribution is -2.06. The molecule has 0 aliphatic heterocycles. The van der Waals surface area contributed by atoms with Crippen LogP contribution in [0.2, 0.25) is 0 Å². The summed E-state index contributed by atoms with van der Waals surface area (Å²) < 4.78 is 0. The maximum absolute atomic E-state index is 8.70. The molecule has 66 valence electrons. The first-order valence-electron chi connectivity index (χ1n) is 4.08. The SMILES string of the molecule is C=CC(N)c1ccc(C#N)c(C)c1. The smallest absolute Gasteiger partial charge is 0.0994 e. The van der Waals surface area contributed by atoms with E-state index in [9.17, 15) is 0 Å². The number of hydrogen-bond donors (Lipinski definition) is 1. The number of nitriles is 1. The Hall–Kier alpha value is -1.59. The molecule has 1 rings (SSSR count). The van der Waals surface area contributed by atoms with Crippen molar-refractivity contribution in [1.29, 1.82) is 5.26 Å². The first-order valence-corrected chi connectivity index (χ1v) is 4.08.